The highest BCUT2D eigenvalue weighted by molar-refractivity contribution is 7.90. The molecular formula is C11H15FN2O3S. The summed E-state index contributed by atoms with van der Waals surface area (Å²) in [6.45, 7) is 0. The second kappa shape index (κ2) is 5.92. The molecule has 0 fully saturated rings. The molecule has 3 N–H and O–H groups in total. The van der Waals surface area contributed by atoms with Crippen LogP contribution in [0.25, 0.3) is 0 Å². The van der Waals surface area contributed by atoms with E-state index in [2.05, 4.69) is 5.32 Å². The smallest absolute Gasteiger partial charge is 0.241 e. The van der Waals surface area contributed by atoms with E-state index in [0.29, 0.717) is 5.69 Å². The zero-order chi connectivity index (χ0) is 13.8. The number of amides is 1. The molecule has 0 aliphatic rings. The van der Waals surface area contributed by atoms with E-state index in [1.807, 2.05) is 0 Å². The van der Waals surface area contributed by atoms with Crippen molar-refractivity contribution in [2.24, 2.45) is 5.73 Å². The standard InChI is InChI=1S/C11H15FN2O3S/c1-18(16,17)7-6-10(13)11(15)14-9-4-2-8(12)3-5-9/h2-5,10H,6-7,13H2,1H3,(H,14,15). The largest absolute Gasteiger partial charge is 0.325 e. The van der Waals surface area contributed by atoms with Crippen LogP contribution in [0.15, 0.2) is 24.3 Å². The molecule has 18 heavy (non-hydrogen) atoms. The number of rotatable bonds is 5. The lowest BCUT2D eigenvalue weighted by Gasteiger charge is -2.11. The fourth-order valence-electron chi connectivity index (χ4n) is 1.24. The Morgan fingerprint density at radius 2 is 1.94 bits per heavy atom. The van der Waals surface area contributed by atoms with Gasteiger partial charge in [-0.2, -0.15) is 0 Å². The number of nitrogens with one attached hydrogen (secondary N) is 1. The van der Waals surface area contributed by atoms with Crippen LogP contribution in [0.1, 0.15) is 6.42 Å². The average Bonchev–Trinajstić information content (AvgIpc) is 2.28. The summed E-state index contributed by atoms with van der Waals surface area (Å²) in [7, 11) is -3.14. The quantitative estimate of drug-likeness (QED) is 0.819. The zero-order valence-electron chi connectivity index (χ0n) is 9.89. The first-order valence-corrected chi connectivity index (χ1v) is 7.34. The predicted octanol–water partition coefficient (Wildman–Crippen LogP) is 0.526. The van der Waals surface area contributed by atoms with Gasteiger partial charge in [0.2, 0.25) is 5.91 Å². The van der Waals surface area contributed by atoms with Crippen molar-refractivity contribution in [3.05, 3.63) is 30.1 Å². The maximum atomic E-state index is 12.6. The summed E-state index contributed by atoms with van der Waals surface area (Å²) in [5.74, 6) is -1.05. The average molecular weight is 274 g/mol. The lowest BCUT2D eigenvalue weighted by molar-refractivity contribution is -0.117. The number of benzene rings is 1. The van der Waals surface area contributed by atoms with Gasteiger partial charge in [0.25, 0.3) is 0 Å². The summed E-state index contributed by atoms with van der Waals surface area (Å²) in [6.07, 6.45) is 1.13. The number of nitrogens with two attached hydrogens (primary N) is 1. The van der Waals surface area contributed by atoms with Gasteiger partial charge in [0.15, 0.2) is 0 Å². The lowest BCUT2D eigenvalue weighted by atomic mass is 10.2. The van der Waals surface area contributed by atoms with Crippen LogP contribution in [0.5, 0.6) is 0 Å². The monoisotopic (exact) mass is 274 g/mol. The number of halogens is 1. The highest BCUT2D eigenvalue weighted by Crippen LogP contribution is 2.09. The molecule has 0 aromatic heterocycles. The third-order valence-corrected chi connectivity index (χ3v) is 3.23. The van der Waals surface area contributed by atoms with Crippen LogP contribution in [-0.4, -0.2) is 32.4 Å². The third-order valence-electron chi connectivity index (χ3n) is 2.25. The predicted molar refractivity (Wildman–Crippen MR) is 67.3 cm³/mol. The Morgan fingerprint density at radius 1 is 1.39 bits per heavy atom. The minimum atomic E-state index is -3.14. The van der Waals surface area contributed by atoms with Crippen LogP contribution in [0.4, 0.5) is 10.1 Å². The number of sulfone groups is 1. The molecule has 0 spiro atoms. The van der Waals surface area contributed by atoms with E-state index in [0.717, 1.165) is 6.26 Å². The second-order valence-corrected chi connectivity index (χ2v) is 6.28. The Morgan fingerprint density at radius 3 is 2.44 bits per heavy atom. The van der Waals surface area contributed by atoms with Gasteiger partial charge in [-0.1, -0.05) is 0 Å². The van der Waals surface area contributed by atoms with Crippen molar-refractivity contribution < 1.29 is 17.6 Å². The van der Waals surface area contributed by atoms with Gasteiger partial charge in [0, 0.05) is 11.9 Å². The van der Waals surface area contributed by atoms with Crippen molar-refractivity contribution in [2.45, 2.75) is 12.5 Å². The SMILES string of the molecule is CS(=O)(=O)CCC(N)C(=O)Nc1ccc(F)cc1. The van der Waals surface area contributed by atoms with Crippen LogP contribution in [0.3, 0.4) is 0 Å². The molecule has 100 valence electrons. The molecule has 0 aliphatic heterocycles. The normalized spacial score (nSPS) is 13.1. The van der Waals surface area contributed by atoms with Crippen LogP contribution < -0.4 is 11.1 Å². The molecule has 1 rings (SSSR count). The van der Waals surface area contributed by atoms with E-state index in [1.54, 1.807) is 0 Å². The van der Waals surface area contributed by atoms with Gasteiger partial charge in [0.05, 0.1) is 11.8 Å². The molecule has 1 atom stereocenters. The van der Waals surface area contributed by atoms with E-state index >= 15 is 0 Å². The summed E-state index contributed by atoms with van der Waals surface area (Å²) in [5, 5.41) is 2.48. The van der Waals surface area contributed by atoms with E-state index in [4.69, 9.17) is 5.73 Å². The first kappa shape index (κ1) is 14.6. The highest BCUT2D eigenvalue weighted by atomic mass is 32.2. The van der Waals surface area contributed by atoms with Crippen LogP contribution in [0, 0.1) is 5.82 Å². The van der Waals surface area contributed by atoms with E-state index in [9.17, 15) is 17.6 Å². The second-order valence-electron chi connectivity index (χ2n) is 4.02. The lowest BCUT2D eigenvalue weighted by Crippen LogP contribution is -2.37. The van der Waals surface area contributed by atoms with Crippen molar-refractivity contribution in [1.82, 2.24) is 0 Å². The minimum absolute atomic E-state index is 0.0475. The van der Waals surface area contributed by atoms with Crippen molar-refractivity contribution >= 4 is 21.4 Å². The Balaban J connectivity index is 2.52. The fraction of sp³-hybridized carbons (Fsp3) is 0.364. The van der Waals surface area contributed by atoms with E-state index in [1.165, 1.54) is 24.3 Å². The molecular weight excluding hydrogens is 259 g/mol. The zero-order valence-corrected chi connectivity index (χ0v) is 10.7. The Kier molecular flexibility index (Phi) is 4.80. The third kappa shape index (κ3) is 5.24. The molecule has 1 aromatic carbocycles. The van der Waals surface area contributed by atoms with Crippen molar-refractivity contribution in [2.75, 3.05) is 17.3 Å². The molecule has 5 nitrogen and oxygen atoms in total. The molecule has 7 heteroatoms. The number of hydrogen-bond donors (Lipinski definition) is 2. The van der Waals surface area contributed by atoms with Gasteiger partial charge in [-0.3, -0.25) is 4.79 Å². The summed E-state index contributed by atoms with van der Waals surface area (Å²) < 4.78 is 34.5. The van der Waals surface area contributed by atoms with E-state index < -0.39 is 27.6 Å². The van der Waals surface area contributed by atoms with Gasteiger partial charge >= 0.3 is 0 Å². The molecule has 0 radical (unpaired) electrons. The van der Waals surface area contributed by atoms with Gasteiger partial charge < -0.3 is 11.1 Å². The Bertz CT molecular complexity index is 514. The molecule has 1 unspecified atom stereocenters. The van der Waals surface area contributed by atoms with Crippen molar-refractivity contribution in [1.29, 1.82) is 0 Å². The topological polar surface area (TPSA) is 89.3 Å². The number of hydrogen-bond acceptors (Lipinski definition) is 4. The molecule has 1 amide bonds. The molecule has 0 saturated heterocycles. The molecule has 0 saturated carbocycles. The molecule has 1 aromatic rings. The van der Waals surface area contributed by atoms with Crippen LogP contribution in [-0.2, 0) is 14.6 Å². The molecule has 0 aliphatic carbocycles. The minimum Gasteiger partial charge on any atom is -0.325 e. The van der Waals surface area contributed by atoms with Gasteiger partial charge in [0.1, 0.15) is 15.7 Å². The number of carbonyl (C=O) groups excluding carboxylic acids is 1. The fourth-order valence-corrected chi connectivity index (χ4v) is 1.92. The van der Waals surface area contributed by atoms with Gasteiger partial charge in [-0.05, 0) is 30.7 Å². The first-order chi connectivity index (χ1) is 8.28. The van der Waals surface area contributed by atoms with E-state index in [-0.39, 0.29) is 12.2 Å². The Labute approximate surface area is 105 Å². The van der Waals surface area contributed by atoms with Gasteiger partial charge in [-0.15, -0.1) is 0 Å². The maximum absolute atomic E-state index is 12.6. The summed E-state index contributed by atoms with van der Waals surface area (Å²) in [5.41, 5.74) is 5.96. The number of carbonyl (C=O) groups is 1. The summed E-state index contributed by atoms with van der Waals surface area (Å²) in [6, 6.07) is 4.30. The van der Waals surface area contributed by atoms with Gasteiger partial charge in [-0.25, -0.2) is 12.8 Å². The number of anilines is 1. The highest BCUT2D eigenvalue weighted by Gasteiger charge is 2.15. The summed E-state index contributed by atoms with van der Waals surface area (Å²) >= 11 is 0. The first-order valence-electron chi connectivity index (χ1n) is 5.27. The molecule has 0 heterocycles. The molecule has 0 bridgehead atoms. The Hall–Kier alpha value is -1.47. The summed E-state index contributed by atoms with van der Waals surface area (Å²) in [4.78, 5) is 11.6. The van der Waals surface area contributed by atoms with Crippen molar-refractivity contribution in [3.8, 4) is 0 Å². The maximum Gasteiger partial charge on any atom is 0.241 e. The van der Waals surface area contributed by atoms with Crippen LogP contribution in [0.2, 0.25) is 0 Å². The van der Waals surface area contributed by atoms with Crippen molar-refractivity contribution in [3.63, 3.8) is 0 Å². The van der Waals surface area contributed by atoms with Crippen LogP contribution >= 0.6 is 0 Å².